The van der Waals surface area contributed by atoms with Gasteiger partial charge in [-0.3, -0.25) is 4.98 Å². The van der Waals surface area contributed by atoms with Crippen LogP contribution in [0.5, 0.6) is 0 Å². The van der Waals surface area contributed by atoms with Crippen LogP contribution in [0.3, 0.4) is 0 Å². The fourth-order valence-electron chi connectivity index (χ4n) is 2.87. The van der Waals surface area contributed by atoms with Crippen molar-refractivity contribution in [2.45, 2.75) is 32.4 Å². The lowest BCUT2D eigenvalue weighted by Crippen LogP contribution is -2.28. The van der Waals surface area contributed by atoms with E-state index in [-0.39, 0.29) is 6.61 Å². The summed E-state index contributed by atoms with van der Waals surface area (Å²) in [5.41, 5.74) is 4.17. The van der Waals surface area contributed by atoms with E-state index < -0.39 is 0 Å². The Kier molecular flexibility index (Phi) is 5.93. The van der Waals surface area contributed by atoms with Crippen molar-refractivity contribution in [3.8, 4) is 16.9 Å². The fourth-order valence-corrected chi connectivity index (χ4v) is 2.87. The van der Waals surface area contributed by atoms with Gasteiger partial charge in [-0.15, -0.1) is 0 Å². The second-order valence-electron chi connectivity index (χ2n) is 6.02. The Morgan fingerprint density at radius 1 is 1.12 bits per heavy atom. The molecule has 0 aliphatic rings. The lowest BCUT2D eigenvalue weighted by Gasteiger charge is -2.15. The number of nitrogens with one attached hydrogen (secondary N) is 1. The van der Waals surface area contributed by atoms with Crippen molar-refractivity contribution in [1.29, 1.82) is 0 Å². The van der Waals surface area contributed by atoms with Crippen LogP contribution in [0.1, 0.15) is 25.3 Å². The largest absolute Gasteiger partial charge is 0.396 e. The Bertz CT molecular complexity index is 771. The molecule has 2 aromatic heterocycles. The number of rotatable bonds is 8. The first-order valence-electron chi connectivity index (χ1n) is 8.70. The topological polar surface area (TPSA) is 63.0 Å². The monoisotopic (exact) mass is 336 g/mol. The molecular weight excluding hydrogens is 312 g/mol. The maximum atomic E-state index is 9.19. The minimum Gasteiger partial charge on any atom is -0.396 e. The third kappa shape index (κ3) is 4.32. The molecule has 0 bridgehead atoms. The van der Waals surface area contributed by atoms with Gasteiger partial charge in [0.15, 0.2) is 0 Å². The first-order chi connectivity index (χ1) is 12.3. The number of aliphatic hydroxyl groups excluding tert-OH is 1. The quantitative estimate of drug-likeness (QED) is 0.663. The highest BCUT2D eigenvalue weighted by molar-refractivity contribution is 5.62. The summed E-state index contributed by atoms with van der Waals surface area (Å²) in [5.74, 6) is 0. The molecule has 3 aromatic rings. The standard InChI is InChI=1S/C20H24N4O/c1-2-18(10-13-25)22-14-17-15-24(19-6-4-3-5-7-19)23-20(17)16-8-11-21-12-9-16/h3-9,11-12,15,18,22,25H,2,10,13-14H2,1H3. The Balaban J connectivity index is 1.90. The minimum absolute atomic E-state index is 0.200. The zero-order valence-corrected chi connectivity index (χ0v) is 14.5. The van der Waals surface area contributed by atoms with Gasteiger partial charge in [-0.25, -0.2) is 4.68 Å². The number of benzene rings is 1. The van der Waals surface area contributed by atoms with Gasteiger partial charge in [0.05, 0.1) is 11.4 Å². The average molecular weight is 336 g/mol. The number of pyridine rings is 1. The first kappa shape index (κ1) is 17.3. The van der Waals surface area contributed by atoms with Gasteiger partial charge in [-0.05, 0) is 37.1 Å². The number of hydrogen-bond acceptors (Lipinski definition) is 4. The van der Waals surface area contributed by atoms with Crippen LogP contribution < -0.4 is 5.32 Å². The molecule has 0 aliphatic carbocycles. The van der Waals surface area contributed by atoms with E-state index in [2.05, 4.69) is 23.4 Å². The molecule has 130 valence electrons. The molecule has 0 aliphatic heterocycles. The van der Waals surface area contributed by atoms with Crippen LogP contribution in [-0.2, 0) is 6.54 Å². The van der Waals surface area contributed by atoms with Gasteiger partial charge in [0.25, 0.3) is 0 Å². The van der Waals surface area contributed by atoms with Crippen LogP contribution in [0.2, 0.25) is 0 Å². The summed E-state index contributed by atoms with van der Waals surface area (Å²) in [6, 6.07) is 14.4. The highest BCUT2D eigenvalue weighted by atomic mass is 16.3. The van der Waals surface area contributed by atoms with Crippen molar-refractivity contribution in [3.05, 3.63) is 66.6 Å². The number of hydrogen-bond donors (Lipinski definition) is 2. The van der Waals surface area contributed by atoms with E-state index >= 15 is 0 Å². The minimum atomic E-state index is 0.200. The van der Waals surface area contributed by atoms with Crippen LogP contribution in [0.4, 0.5) is 0 Å². The highest BCUT2D eigenvalue weighted by Crippen LogP contribution is 2.23. The predicted molar refractivity (Wildman–Crippen MR) is 99.4 cm³/mol. The zero-order chi connectivity index (χ0) is 17.5. The zero-order valence-electron chi connectivity index (χ0n) is 14.5. The lowest BCUT2D eigenvalue weighted by molar-refractivity contribution is 0.262. The number of aliphatic hydroxyl groups is 1. The second kappa shape index (κ2) is 8.55. The second-order valence-corrected chi connectivity index (χ2v) is 6.02. The predicted octanol–water partition coefficient (Wildman–Crippen LogP) is 3.18. The van der Waals surface area contributed by atoms with E-state index in [4.69, 9.17) is 5.10 Å². The van der Waals surface area contributed by atoms with Gasteiger partial charge in [-0.1, -0.05) is 25.1 Å². The summed E-state index contributed by atoms with van der Waals surface area (Å²) in [6.45, 7) is 3.04. The summed E-state index contributed by atoms with van der Waals surface area (Å²) in [7, 11) is 0. The molecule has 0 fully saturated rings. The third-order valence-corrected chi connectivity index (χ3v) is 4.32. The van der Waals surface area contributed by atoms with E-state index in [1.54, 1.807) is 12.4 Å². The molecule has 1 atom stereocenters. The number of para-hydroxylation sites is 1. The SMILES string of the molecule is CCC(CCO)NCc1cn(-c2ccccc2)nc1-c1ccncc1. The van der Waals surface area contributed by atoms with Crippen molar-refractivity contribution >= 4 is 0 Å². The Morgan fingerprint density at radius 2 is 1.88 bits per heavy atom. The average Bonchev–Trinajstić information content (AvgIpc) is 3.11. The molecular formula is C20H24N4O. The van der Waals surface area contributed by atoms with Gasteiger partial charge in [0.2, 0.25) is 0 Å². The summed E-state index contributed by atoms with van der Waals surface area (Å²) >= 11 is 0. The van der Waals surface area contributed by atoms with Crippen LogP contribution in [0.25, 0.3) is 16.9 Å². The van der Waals surface area contributed by atoms with E-state index in [0.717, 1.165) is 35.3 Å². The summed E-state index contributed by atoms with van der Waals surface area (Å²) < 4.78 is 1.92. The molecule has 0 radical (unpaired) electrons. The van der Waals surface area contributed by atoms with Gasteiger partial charge < -0.3 is 10.4 Å². The molecule has 0 saturated carbocycles. The van der Waals surface area contributed by atoms with Crippen LogP contribution in [-0.4, -0.2) is 32.5 Å². The van der Waals surface area contributed by atoms with Crippen molar-refractivity contribution in [2.24, 2.45) is 0 Å². The molecule has 0 amide bonds. The fraction of sp³-hybridized carbons (Fsp3) is 0.300. The molecule has 2 heterocycles. The van der Waals surface area contributed by atoms with E-state index in [9.17, 15) is 5.11 Å². The summed E-state index contributed by atoms with van der Waals surface area (Å²) in [4.78, 5) is 4.10. The Hall–Kier alpha value is -2.50. The first-order valence-corrected chi connectivity index (χ1v) is 8.70. The van der Waals surface area contributed by atoms with E-state index in [1.165, 1.54) is 0 Å². The van der Waals surface area contributed by atoms with Gasteiger partial charge in [0.1, 0.15) is 0 Å². The molecule has 2 N–H and O–H groups in total. The number of aromatic nitrogens is 3. The summed E-state index contributed by atoms with van der Waals surface area (Å²) in [6.07, 6.45) is 7.39. The normalized spacial score (nSPS) is 12.2. The van der Waals surface area contributed by atoms with Gasteiger partial charge in [0, 0.05) is 48.9 Å². The van der Waals surface area contributed by atoms with Crippen LogP contribution >= 0.6 is 0 Å². The van der Waals surface area contributed by atoms with E-state index in [0.29, 0.717) is 12.6 Å². The molecule has 1 aromatic carbocycles. The maximum absolute atomic E-state index is 9.19. The van der Waals surface area contributed by atoms with Crippen LogP contribution in [0.15, 0.2) is 61.1 Å². The Labute approximate surface area is 148 Å². The van der Waals surface area contributed by atoms with Crippen molar-refractivity contribution in [1.82, 2.24) is 20.1 Å². The Morgan fingerprint density at radius 3 is 2.56 bits per heavy atom. The maximum Gasteiger partial charge on any atom is 0.0973 e. The number of nitrogens with zero attached hydrogens (tertiary/aromatic N) is 3. The molecule has 0 spiro atoms. The highest BCUT2D eigenvalue weighted by Gasteiger charge is 2.14. The molecule has 3 rings (SSSR count). The van der Waals surface area contributed by atoms with Crippen LogP contribution in [0, 0.1) is 0 Å². The van der Waals surface area contributed by atoms with Gasteiger partial charge >= 0.3 is 0 Å². The van der Waals surface area contributed by atoms with Crippen molar-refractivity contribution < 1.29 is 5.11 Å². The molecule has 5 heteroatoms. The smallest absolute Gasteiger partial charge is 0.0973 e. The lowest BCUT2D eigenvalue weighted by atomic mass is 10.1. The molecule has 5 nitrogen and oxygen atoms in total. The van der Waals surface area contributed by atoms with Crippen molar-refractivity contribution in [2.75, 3.05) is 6.61 Å². The summed E-state index contributed by atoms with van der Waals surface area (Å²) in [5, 5.41) is 17.5. The third-order valence-electron chi connectivity index (χ3n) is 4.32. The molecule has 25 heavy (non-hydrogen) atoms. The van der Waals surface area contributed by atoms with Gasteiger partial charge in [-0.2, -0.15) is 5.10 Å². The molecule has 0 saturated heterocycles. The van der Waals surface area contributed by atoms with E-state index in [1.807, 2.05) is 47.1 Å². The van der Waals surface area contributed by atoms with Crippen molar-refractivity contribution in [3.63, 3.8) is 0 Å². The molecule has 1 unspecified atom stereocenters.